The molecule has 2 saturated heterocycles. The van der Waals surface area contributed by atoms with Crippen molar-refractivity contribution in [3.63, 3.8) is 0 Å². The SMILES string of the molecule is CC1CN(c2nc(OC[C@@H]3CCCCN3C)nc3c(F)c(-c4cccc5ccc(F)c(Cl)c45)ncc23)CCN1. The van der Waals surface area contributed by atoms with E-state index in [1.165, 1.54) is 12.5 Å². The van der Waals surface area contributed by atoms with Crippen molar-refractivity contribution in [2.75, 3.05) is 44.7 Å². The molecule has 0 bridgehead atoms. The van der Waals surface area contributed by atoms with Crippen LogP contribution in [0.1, 0.15) is 26.2 Å². The van der Waals surface area contributed by atoms with Crippen LogP contribution in [0.4, 0.5) is 14.6 Å². The summed E-state index contributed by atoms with van der Waals surface area (Å²) in [6.07, 6.45) is 4.96. The third kappa shape index (κ3) is 4.99. The van der Waals surface area contributed by atoms with Crippen molar-refractivity contribution in [3.8, 4) is 17.3 Å². The van der Waals surface area contributed by atoms with Crippen molar-refractivity contribution in [2.24, 2.45) is 0 Å². The van der Waals surface area contributed by atoms with Gasteiger partial charge in [0.2, 0.25) is 0 Å². The molecule has 2 aliphatic rings. The summed E-state index contributed by atoms with van der Waals surface area (Å²) in [5, 5.41) is 4.97. The van der Waals surface area contributed by atoms with Crippen LogP contribution >= 0.6 is 11.6 Å². The van der Waals surface area contributed by atoms with Gasteiger partial charge < -0.3 is 19.9 Å². The van der Waals surface area contributed by atoms with Gasteiger partial charge in [0.25, 0.3) is 0 Å². The van der Waals surface area contributed by atoms with Gasteiger partial charge in [-0.2, -0.15) is 9.97 Å². The van der Waals surface area contributed by atoms with Crippen molar-refractivity contribution < 1.29 is 13.5 Å². The number of halogens is 3. The molecule has 4 heterocycles. The molecular formula is C29H31ClF2N6O. The van der Waals surface area contributed by atoms with E-state index in [2.05, 4.69) is 39.1 Å². The minimum Gasteiger partial charge on any atom is -0.462 e. The van der Waals surface area contributed by atoms with E-state index in [1.807, 2.05) is 6.07 Å². The highest BCUT2D eigenvalue weighted by Gasteiger charge is 2.26. The van der Waals surface area contributed by atoms with Gasteiger partial charge in [-0.3, -0.25) is 4.98 Å². The number of rotatable bonds is 5. The van der Waals surface area contributed by atoms with Gasteiger partial charge >= 0.3 is 6.01 Å². The first-order valence-electron chi connectivity index (χ1n) is 13.5. The van der Waals surface area contributed by atoms with Crippen LogP contribution in [0.3, 0.4) is 0 Å². The summed E-state index contributed by atoms with van der Waals surface area (Å²) in [4.78, 5) is 18.2. The fourth-order valence-electron chi connectivity index (χ4n) is 5.67. The van der Waals surface area contributed by atoms with E-state index in [9.17, 15) is 4.39 Å². The van der Waals surface area contributed by atoms with Crippen LogP contribution < -0.4 is 15.0 Å². The number of benzene rings is 2. The van der Waals surface area contributed by atoms with Crippen LogP contribution in [-0.2, 0) is 0 Å². The molecule has 0 saturated carbocycles. The molecule has 6 rings (SSSR count). The fourth-order valence-corrected chi connectivity index (χ4v) is 5.95. The first kappa shape index (κ1) is 26.1. The summed E-state index contributed by atoms with van der Waals surface area (Å²) in [6, 6.07) is 8.85. The maximum atomic E-state index is 16.4. The molecule has 2 aromatic heterocycles. The summed E-state index contributed by atoms with van der Waals surface area (Å²) < 4.78 is 36.9. The Kier molecular flexibility index (Phi) is 7.22. The van der Waals surface area contributed by atoms with Gasteiger partial charge in [0, 0.05) is 48.9 Å². The van der Waals surface area contributed by atoms with Gasteiger partial charge in [0.15, 0.2) is 5.82 Å². The van der Waals surface area contributed by atoms with Crippen molar-refractivity contribution in [1.82, 2.24) is 25.2 Å². The first-order chi connectivity index (χ1) is 18.9. The number of anilines is 1. The number of hydrogen-bond acceptors (Lipinski definition) is 7. The second-order valence-electron chi connectivity index (χ2n) is 10.5. The van der Waals surface area contributed by atoms with Gasteiger partial charge in [-0.05, 0) is 44.8 Å². The molecule has 0 amide bonds. The highest BCUT2D eigenvalue weighted by Crippen LogP contribution is 2.38. The van der Waals surface area contributed by atoms with Gasteiger partial charge in [-0.1, -0.05) is 42.3 Å². The number of piperazine rings is 1. The van der Waals surface area contributed by atoms with E-state index in [4.69, 9.17) is 21.3 Å². The summed E-state index contributed by atoms with van der Waals surface area (Å²) in [6.45, 7) is 5.75. The second-order valence-corrected chi connectivity index (χ2v) is 10.9. The number of ether oxygens (including phenoxy) is 1. The molecule has 0 spiro atoms. The third-order valence-electron chi connectivity index (χ3n) is 7.83. The van der Waals surface area contributed by atoms with Crippen molar-refractivity contribution in [2.45, 2.75) is 38.3 Å². The lowest BCUT2D eigenvalue weighted by atomic mass is 10.0. The van der Waals surface area contributed by atoms with Gasteiger partial charge in [-0.15, -0.1) is 0 Å². The van der Waals surface area contributed by atoms with Crippen molar-refractivity contribution >= 4 is 39.1 Å². The van der Waals surface area contributed by atoms with Crippen LogP contribution in [0.15, 0.2) is 36.5 Å². The van der Waals surface area contributed by atoms with E-state index in [-0.39, 0.29) is 34.3 Å². The lowest BCUT2D eigenvalue weighted by Crippen LogP contribution is -2.49. The molecule has 39 heavy (non-hydrogen) atoms. The molecule has 0 radical (unpaired) electrons. The number of nitrogens with one attached hydrogen (secondary N) is 1. The van der Waals surface area contributed by atoms with Crippen LogP contribution in [0.2, 0.25) is 5.02 Å². The molecule has 2 fully saturated rings. The van der Waals surface area contributed by atoms with Gasteiger partial charge in [0.05, 0.1) is 10.4 Å². The zero-order chi connectivity index (χ0) is 27.1. The van der Waals surface area contributed by atoms with Crippen LogP contribution in [0.25, 0.3) is 32.9 Å². The molecule has 0 aliphatic carbocycles. The number of pyridine rings is 1. The van der Waals surface area contributed by atoms with E-state index in [1.54, 1.807) is 24.4 Å². The fraction of sp³-hybridized carbons (Fsp3) is 0.414. The Hall–Kier alpha value is -3.14. The summed E-state index contributed by atoms with van der Waals surface area (Å²) in [5.74, 6) is -0.592. The largest absolute Gasteiger partial charge is 0.462 e. The molecule has 204 valence electrons. The zero-order valence-electron chi connectivity index (χ0n) is 22.1. The number of piperidine rings is 1. The Morgan fingerprint density at radius 2 is 2.00 bits per heavy atom. The number of aromatic nitrogens is 3. The Morgan fingerprint density at radius 3 is 2.82 bits per heavy atom. The van der Waals surface area contributed by atoms with E-state index >= 15 is 4.39 Å². The highest BCUT2D eigenvalue weighted by atomic mass is 35.5. The Morgan fingerprint density at radius 1 is 1.13 bits per heavy atom. The number of hydrogen-bond donors (Lipinski definition) is 1. The van der Waals surface area contributed by atoms with Crippen LogP contribution in [-0.4, -0.2) is 71.8 Å². The minimum absolute atomic E-state index is 0.0527. The summed E-state index contributed by atoms with van der Waals surface area (Å²) in [5.41, 5.74) is 0.572. The molecule has 4 aromatic rings. The minimum atomic E-state index is -0.619. The quantitative estimate of drug-likeness (QED) is 0.354. The molecule has 10 heteroatoms. The van der Waals surface area contributed by atoms with E-state index in [0.29, 0.717) is 47.2 Å². The Balaban J connectivity index is 1.48. The van der Waals surface area contributed by atoms with E-state index in [0.717, 1.165) is 25.9 Å². The molecule has 1 unspecified atom stereocenters. The number of likely N-dealkylation sites (tertiary alicyclic amines) is 1. The highest BCUT2D eigenvalue weighted by molar-refractivity contribution is 6.36. The summed E-state index contributed by atoms with van der Waals surface area (Å²) >= 11 is 6.36. The Bertz CT molecular complexity index is 1540. The van der Waals surface area contributed by atoms with Crippen LogP contribution in [0, 0.1) is 11.6 Å². The maximum Gasteiger partial charge on any atom is 0.319 e. The number of likely N-dealkylation sites (N-methyl/N-ethyl adjacent to an activating group) is 1. The molecule has 2 atom stereocenters. The summed E-state index contributed by atoms with van der Waals surface area (Å²) in [7, 11) is 2.09. The van der Waals surface area contributed by atoms with E-state index < -0.39 is 11.6 Å². The predicted octanol–water partition coefficient (Wildman–Crippen LogP) is 5.44. The normalized spacial score (nSPS) is 20.6. The first-order valence-corrected chi connectivity index (χ1v) is 13.8. The number of fused-ring (bicyclic) bond motifs is 2. The van der Waals surface area contributed by atoms with Crippen molar-refractivity contribution in [3.05, 3.63) is 53.2 Å². The average molecular weight is 553 g/mol. The second kappa shape index (κ2) is 10.8. The lowest BCUT2D eigenvalue weighted by molar-refractivity contribution is 0.120. The molecule has 2 aromatic carbocycles. The average Bonchev–Trinajstić information content (AvgIpc) is 2.94. The third-order valence-corrected chi connectivity index (χ3v) is 8.20. The topological polar surface area (TPSA) is 66.4 Å². The number of nitrogens with zero attached hydrogens (tertiary/aromatic N) is 5. The van der Waals surface area contributed by atoms with Gasteiger partial charge in [-0.25, -0.2) is 8.78 Å². The molecule has 7 nitrogen and oxygen atoms in total. The predicted molar refractivity (Wildman–Crippen MR) is 151 cm³/mol. The molecule has 1 N–H and O–H groups in total. The van der Waals surface area contributed by atoms with Gasteiger partial charge in [0.1, 0.15) is 29.5 Å². The smallest absolute Gasteiger partial charge is 0.319 e. The van der Waals surface area contributed by atoms with Crippen LogP contribution in [0.5, 0.6) is 6.01 Å². The molecule has 2 aliphatic heterocycles. The Labute approximate surface area is 231 Å². The monoisotopic (exact) mass is 552 g/mol. The zero-order valence-corrected chi connectivity index (χ0v) is 22.8. The molecular weight excluding hydrogens is 522 g/mol. The van der Waals surface area contributed by atoms with Crippen molar-refractivity contribution in [1.29, 1.82) is 0 Å². The maximum absolute atomic E-state index is 16.4. The standard InChI is InChI=1S/C29H31ClF2N6O/c1-17-15-38(13-11-33-17)28-21-14-34-26(20-8-5-6-18-9-10-22(31)24(30)23(18)20)25(32)27(21)35-29(36-28)39-16-19-7-3-4-12-37(19)2/h5-6,8-10,14,17,19,33H,3-4,7,11-13,15-16H2,1-2H3/t17?,19-/m0/s1. The lowest BCUT2D eigenvalue weighted by Gasteiger charge is -2.34.